The van der Waals surface area contributed by atoms with Crippen LogP contribution < -0.4 is 5.32 Å². The van der Waals surface area contributed by atoms with Crippen molar-refractivity contribution in [3.8, 4) is 0 Å². The third-order valence-corrected chi connectivity index (χ3v) is 2.08. The van der Waals surface area contributed by atoms with Gasteiger partial charge < -0.3 is 5.32 Å². The number of amides is 1. The summed E-state index contributed by atoms with van der Waals surface area (Å²) >= 11 is 0. The molecule has 1 heterocycles. The molecule has 0 fully saturated rings. The van der Waals surface area contributed by atoms with Gasteiger partial charge in [-0.05, 0) is 17.7 Å². The van der Waals surface area contributed by atoms with E-state index in [9.17, 15) is 13.6 Å². The van der Waals surface area contributed by atoms with Crippen molar-refractivity contribution in [2.75, 3.05) is 0 Å². The highest BCUT2D eigenvalue weighted by atomic mass is 19.2. The van der Waals surface area contributed by atoms with Crippen molar-refractivity contribution < 1.29 is 13.6 Å². The topological polar surface area (TPSA) is 70.7 Å². The van der Waals surface area contributed by atoms with Crippen LogP contribution in [0.1, 0.15) is 16.1 Å². The Morgan fingerprint density at radius 3 is 2.82 bits per heavy atom. The minimum Gasteiger partial charge on any atom is -0.347 e. The van der Waals surface area contributed by atoms with E-state index in [1.165, 1.54) is 12.3 Å². The normalized spacial score (nSPS) is 10.2. The van der Waals surface area contributed by atoms with Gasteiger partial charge >= 0.3 is 0 Å². The average Bonchev–Trinajstić information content (AvgIpc) is 2.84. The quantitative estimate of drug-likeness (QED) is 0.838. The molecule has 1 amide bonds. The second-order valence-electron chi connectivity index (χ2n) is 3.29. The van der Waals surface area contributed by atoms with Gasteiger partial charge in [-0.25, -0.2) is 8.78 Å². The minimum atomic E-state index is -0.946. The largest absolute Gasteiger partial charge is 0.347 e. The van der Waals surface area contributed by atoms with E-state index >= 15 is 0 Å². The highest BCUT2D eigenvalue weighted by Gasteiger charge is 2.08. The van der Waals surface area contributed by atoms with Gasteiger partial charge in [0.15, 0.2) is 17.3 Å². The number of nitrogens with zero attached hydrogens (tertiary/aromatic N) is 2. The van der Waals surface area contributed by atoms with Crippen molar-refractivity contribution in [1.29, 1.82) is 0 Å². The predicted molar refractivity (Wildman–Crippen MR) is 53.9 cm³/mol. The maximum atomic E-state index is 12.9. The van der Waals surface area contributed by atoms with E-state index in [1.807, 2.05) is 0 Å². The van der Waals surface area contributed by atoms with Crippen molar-refractivity contribution in [2.45, 2.75) is 6.54 Å². The molecule has 1 aromatic carbocycles. The first-order valence-electron chi connectivity index (χ1n) is 4.74. The van der Waals surface area contributed by atoms with E-state index in [4.69, 9.17) is 0 Å². The Hall–Kier alpha value is -2.31. The molecule has 0 radical (unpaired) electrons. The Bertz CT molecular complexity index is 527. The molecule has 0 aliphatic heterocycles. The molecule has 0 saturated heterocycles. The Balaban J connectivity index is 1.98. The lowest BCUT2D eigenvalue weighted by molar-refractivity contribution is 0.0946. The van der Waals surface area contributed by atoms with Crippen LogP contribution >= 0.6 is 0 Å². The van der Waals surface area contributed by atoms with E-state index in [1.54, 1.807) is 0 Å². The van der Waals surface area contributed by atoms with E-state index in [0.717, 1.165) is 12.1 Å². The molecule has 0 spiro atoms. The molecule has 0 aliphatic rings. The summed E-state index contributed by atoms with van der Waals surface area (Å²) < 4.78 is 25.5. The van der Waals surface area contributed by atoms with Crippen LogP contribution in [0.4, 0.5) is 8.78 Å². The van der Waals surface area contributed by atoms with Gasteiger partial charge in [0, 0.05) is 6.54 Å². The maximum Gasteiger partial charge on any atom is 0.273 e. The summed E-state index contributed by atoms with van der Waals surface area (Å²) in [6.45, 7) is 0.0862. The summed E-state index contributed by atoms with van der Waals surface area (Å²) in [6.07, 6.45) is 1.26. The Morgan fingerprint density at radius 2 is 2.18 bits per heavy atom. The fourth-order valence-corrected chi connectivity index (χ4v) is 1.23. The number of H-pyrrole nitrogens is 1. The first-order chi connectivity index (χ1) is 8.16. The molecule has 0 aliphatic carbocycles. The van der Waals surface area contributed by atoms with E-state index in [0.29, 0.717) is 5.56 Å². The minimum absolute atomic E-state index is 0.0862. The third-order valence-electron chi connectivity index (χ3n) is 2.08. The zero-order valence-electron chi connectivity index (χ0n) is 8.58. The molecule has 0 atom stereocenters. The molecule has 0 unspecified atom stereocenters. The number of aromatic amines is 1. The summed E-state index contributed by atoms with van der Waals surface area (Å²) in [7, 11) is 0. The number of aromatic nitrogens is 3. The number of nitrogens with one attached hydrogen (secondary N) is 2. The van der Waals surface area contributed by atoms with Gasteiger partial charge in [-0.1, -0.05) is 6.07 Å². The molecule has 88 valence electrons. The molecule has 2 aromatic rings. The van der Waals surface area contributed by atoms with Crippen LogP contribution in [0.5, 0.6) is 0 Å². The summed E-state index contributed by atoms with van der Waals surface area (Å²) in [4.78, 5) is 11.4. The molecule has 5 nitrogen and oxygen atoms in total. The molecule has 0 saturated carbocycles. The molecule has 7 heteroatoms. The number of carbonyl (C=O) groups excluding carboxylic acids is 1. The monoisotopic (exact) mass is 238 g/mol. The Labute approximate surface area is 94.8 Å². The van der Waals surface area contributed by atoms with Crippen molar-refractivity contribution in [3.05, 3.63) is 47.3 Å². The van der Waals surface area contributed by atoms with Crippen LogP contribution in [-0.4, -0.2) is 21.3 Å². The van der Waals surface area contributed by atoms with E-state index in [2.05, 4.69) is 20.7 Å². The lowest BCUT2D eigenvalue weighted by Crippen LogP contribution is -2.23. The summed E-state index contributed by atoms with van der Waals surface area (Å²) in [5, 5.41) is 11.8. The van der Waals surface area contributed by atoms with Gasteiger partial charge in [0.25, 0.3) is 5.91 Å². The zero-order chi connectivity index (χ0) is 12.3. The number of carbonyl (C=O) groups is 1. The van der Waals surface area contributed by atoms with Crippen molar-refractivity contribution in [1.82, 2.24) is 20.7 Å². The smallest absolute Gasteiger partial charge is 0.273 e. The number of benzene rings is 1. The van der Waals surface area contributed by atoms with Crippen LogP contribution in [0.15, 0.2) is 24.4 Å². The van der Waals surface area contributed by atoms with Gasteiger partial charge in [-0.15, -0.1) is 0 Å². The maximum absolute atomic E-state index is 12.9. The molecular weight excluding hydrogens is 230 g/mol. The van der Waals surface area contributed by atoms with Gasteiger partial charge in [0.2, 0.25) is 0 Å². The van der Waals surface area contributed by atoms with Crippen molar-refractivity contribution in [3.63, 3.8) is 0 Å². The van der Waals surface area contributed by atoms with Gasteiger partial charge in [0.05, 0.1) is 6.20 Å². The fourth-order valence-electron chi connectivity index (χ4n) is 1.23. The molecule has 0 bridgehead atoms. The second kappa shape index (κ2) is 4.69. The van der Waals surface area contributed by atoms with E-state index < -0.39 is 17.5 Å². The molecule has 2 rings (SSSR count). The van der Waals surface area contributed by atoms with Crippen molar-refractivity contribution in [2.24, 2.45) is 0 Å². The Kier molecular flexibility index (Phi) is 3.08. The molecule has 17 heavy (non-hydrogen) atoms. The number of hydrogen-bond acceptors (Lipinski definition) is 3. The molecular formula is C10H8F2N4O. The number of rotatable bonds is 3. The standard InChI is InChI=1S/C10H8F2N4O/c11-7-2-1-6(3-8(7)12)4-13-10(17)9-5-14-16-15-9/h1-3,5H,4H2,(H,13,17)(H,14,15,16). The van der Waals surface area contributed by atoms with Crippen molar-refractivity contribution >= 4 is 5.91 Å². The first kappa shape index (κ1) is 11.2. The Morgan fingerprint density at radius 1 is 1.35 bits per heavy atom. The van der Waals surface area contributed by atoms with Gasteiger partial charge in [-0.3, -0.25) is 4.79 Å². The first-order valence-corrected chi connectivity index (χ1v) is 4.74. The second-order valence-corrected chi connectivity index (χ2v) is 3.29. The average molecular weight is 238 g/mol. The summed E-state index contributed by atoms with van der Waals surface area (Å²) in [5.74, 6) is -2.31. The van der Waals surface area contributed by atoms with Crippen LogP contribution in [0.3, 0.4) is 0 Å². The SMILES string of the molecule is O=C(NCc1ccc(F)c(F)c1)c1cn[nH]n1. The number of hydrogen-bond donors (Lipinski definition) is 2. The summed E-state index contributed by atoms with van der Waals surface area (Å²) in [5.41, 5.74) is 0.591. The zero-order valence-corrected chi connectivity index (χ0v) is 8.58. The summed E-state index contributed by atoms with van der Waals surface area (Å²) in [6, 6.07) is 3.42. The van der Waals surface area contributed by atoms with Crippen LogP contribution in [0.2, 0.25) is 0 Å². The predicted octanol–water partition coefficient (Wildman–Crippen LogP) is 1.01. The van der Waals surface area contributed by atoms with Gasteiger partial charge in [0.1, 0.15) is 0 Å². The van der Waals surface area contributed by atoms with E-state index in [-0.39, 0.29) is 12.2 Å². The third kappa shape index (κ3) is 2.63. The highest BCUT2D eigenvalue weighted by molar-refractivity contribution is 5.91. The van der Waals surface area contributed by atoms with Crippen LogP contribution in [0, 0.1) is 11.6 Å². The number of halogens is 2. The molecule has 1 aromatic heterocycles. The lowest BCUT2D eigenvalue weighted by atomic mass is 10.2. The van der Waals surface area contributed by atoms with Crippen LogP contribution in [0.25, 0.3) is 0 Å². The highest BCUT2D eigenvalue weighted by Crippen LogP contribution is 2.08. The lowest BCUT2D eigenvalue weighted by Gasteiger charge is -2.03. The molecule has 2 N–H and O–H groups in total. The fraction of sp³-hybridized carbons (Fsp3) is 0.100. The van der Waals surface area contributed by atoms with Crippen LogP contribution in [-0.2, 0) is 6.54 Å². The van der Waals surface area contributed by atoms with Gasteiger partial charge in [-0.2, -0.15) is 15.4 Å².